The highest BCUT2D eigenvalue weighted by Crippen LogP contribution is 2.43. The summed E-state index contributed by atoms with van der Waals surface area (Å²) in [7, 11) is 0. The van der Waals surface area contributed by atoms with Crippen molar-refractivity contribution in [2.45, 2.75) is 63.1 Å². The Kier molecular flexibility index (Phi) is 3.18. The molecule has 0 radical (unpaired) electrons. The van der Waals surface area contributed by atoms with Crippen molar-refractivity contribution < 1.29 is 4.74 Å². The Labute approximate surface area is 105 Å². The van der Waals surface area contributed by atoms with Crippen LogP contribution in [-0.2, 0) is 4.74 Å². The van der Waals surface area contributed by atoms with Gasteiger partial charge < -0.3 is 10.5 Å². The van der Waals surface area contributed by atoms with Crippen LogP contribution in [0.1, 0.15) is 45.4 Å². The van der Waals surface area contributed by atoms with Crippen LogP contribution in [0.5, 0.6) is 0 Å². The van der Waals surface area contributed by atoms with Gasteiger partial charge in [-0.05, 0) is 44.4 Å². The third kappa shape index (κ3) is 2.38. The zero-order valence-corrected chi connectivity index (χ0v) is 11.0. The second kappa shape index (κ2) is 4.52. The fraction of sp³-hybridized carbons (Fsp3) is 1.00. The van der Waals surface area contributed by atoms with Crippen LogP contribution in [0, 0.1) is 5.92 Å². The van der Waals surface area contributed by atoms with E-state index < -0.39 is 0 Å². The Morgan fingerprint density at radius 1 is 1.29 bits per heavy atom. The summed E-state index contributed by atoms with van der Waals surface area (Å²) in [6.07, 6.45) is 7.61. The van der Waals surface area contributed by atoms with Gasteiger partial charge in [-0.25, -0.2) is 0 Å². The predicted octanol–water partition coefficient (Wildman–Crippen LogP) is 1.76. The standard InChI is InChI=1S/C14H26N2O/c1-11-7-12(15)10-16(9-11)13-3-6-17-14(8-13)4-2-5-14/h11-13H,2-10,15H2,1H3. The average molecular weight is 238 g/mol. The number of nitrogens with zero attached hydrogens (tertiary/aromatic N) is 1. The molecule has 0 aromatic carbocycles. The Morgan fingerprint density at radius 2 is 2.12 bits per heavy atom. The minimum Gasteiger partial charge on any atom is -0.375 e. The first-order valence-electron chi connectivity index (χ1n) is 7.30. The Balaban J connectivity index is 1.63. The minimum atomic E-state index is 0.272. The lowest BCUT2D eigenvalue weighted by atomic mass is 9.73. The third-order valence-electron chi connectivity index (χ3n) is 4.97. The number of ether oxygens (including phenoxy) is 1. The van der Waals surface area contributed by atoms with Crippen molar-refractivity contribution in [1.82, 2.24) is 4.90 Å². The number of piperidine rings is 1. The molecule has 0 aromatic rings. The van der Waals surface area contributed by atoms with Crippen molar-refractivity contribution in [2.75, 3.05) is 19.7 Å². The predicted molar refractivity (Wildman–Crippen MR) is 68.9 cm³/mol. The smallest absolute Gasteiger partial charge is 0.0697 e. The van der Waals surface area contributed by atoms with Crippen LogP contribution >= 0.6 is 0 Å². The fourth-order valence-electron chi connectivity index (χ4n) is 3.97. The van der Waals surface area contributed by atoms with Gasteiger partial charge in [0.1, 0.15) is 0 Å². The number of hydrogen-bond acceptors (Lipinski definition) is 3. The second-order valence-electron chi connectivity index (χ2n) is 6.59. The van der Waals surface area contributed by atoms with Gasteiger partial charge in [0, 0.05) is 31.8 Å². The molecule has 3 rings (SSSR count). The van der Waals surface area contributed by atoms with E-state index in [9.17, 15) is 0 Å². The molecule has 3 heteroatoms. The highest BCUT2D eigenvalue weighted by Gasteiger charge is 2.44. The summed E-state index contributed by atoms with van der Waals surface area (Å²) in [5.41, 5.74) is 6.43. The largest absolute Gasteiger partial charge is 0.375 e. The lowest BCUT2D eigenvalue weighted by Gasteiger charge is -2.51. The van der Waals surface area contributed by atoms with Gasteiger partial charge in [0.2, 0.25) is 0 Å². The van der Waals surface area contributed by atoms with E-state index in [1.54, 1.807) is 0 Å². The van der Waals surface area contributed by atoms with Crippen LogP contribution < -0.4 is 5.73 Å². The minimum absolute atomic E-state index is 0.272. The van der Waals surface area contributed by atoms with Crippen LogP contribution in [0.15, 0.2) is 0 Å². The molecule has 1 spiro atoms. The van der Waals surface area contributed by atoms with Crippen molar-refractivity contribution in [3.8, 4) is 0 Å². The van der Waals surface area contributed by atoms with Crippen LogP contribution in [-0.4, -0.2) is 42.3 Å². The maximum Gasteiger partial charge on any atom is 0.0697 e. The maximum absolute atomic E-state index is 6.16. The normalized spacial score (nSPS) is 42.4. The van der Waals surface area contributed by atoms with Crippen LogP contribution in [0.2, 0.25) is 0 Å². The van der Waals surface area contributed by atoms with Gasteiger partial charge in [-0.15, -0.1) is 0 Å². The lowest BCUT2D eigenvalue weighted by Crippen LogP contribution is -2.56. The van der Waals surface area contributed by atoms with Gasteiger partial charge in [-0.1, -0.05) is 6.92 Å². The molecule has 1 aliphatic carbocycles. The molecule has 3 aliphatic rings. The zero-order chi connectivity index (χ0) is 11.9. The number of rotatable bonds is 1. The summed E-state index contributed by atoms with van der Waals surface area (Å²) in [5.74, 6) is 0.763. The van der Waals surface area contributed by atoms with Crippen molar-refractivity contribution in [3.63, 3.8) is 0 Å². The van der Waals surface area contributed by atoms with Gasteiger partial charge in [0.25, 0.3) is 0 Å². The van der Waals surface area contributed by atoms with Gasteiger partial charge in [0.15, 0.2) is 0 Å². The van der Waals surface area contributed by atoms with Crippen molar-refractivity contribution in [1.29, 1.82) is 0 Å². The fourth-order valence-corrected chi connectivity index (χ4v) is 3.97. The SMILES string of the molecule is CC1CC(N)CN(C2CCOC3(CCC3)C2)C1. The van der Waals surface area contributed by atoms with E-state index in [4.69, 9.17) is 10.5 Å². The molecule has 0 amide bonds. The molecule has 2 heterocycles. The van der Waals surface area contributed by atoms with E-state index in [0.717, 1.165) is 25.1 Å². The molecule has 3 unspecified atom stereocenters. The van der Waals surface area contributed by atoms with Gasteiger partial charge in [0.05, 0.1) is 5.60 Å². The van der Waals surface area contributed by atoms with Crippen LogP contribution in [0.3, 0.4) is 0 Å². The maximum atomic E-state index is 6.16. The molecule has 98 valence electrons. The lowest BCUT2D eigenvalue weighted by molar-refractivity contribution is -0.151. The Bertz CT molecular complexity index is 267. The highest BCUT2D eigenvalue weighted by molar-refractivity contribution is 4.98. The van der Waals surface area contributed by atoms with Gasteiger partial charge in [-0.3, -0.25) is 4.90 Å². The molecule has 3 atom stereocenters. The molecule has 17 heavy (non-hydrogen) atoms. The molecule has 2 saturated heterocycles. The quantitative estimate of drug-likeness (QED) is 0.756. The van der Waals surface area contributed by atoms with Crippen LogP contribution in [0.25, 0.3) is 0 Å². The second-order valence-corrected chi connectivity index (χ2v) is 6.59. The summed E-state index contributed by atoms with van der Waals surface area (Å²) >= 11 is 0. The zero-order valence-electron chi connectivity index (χ0n) is 11.0. The molecule has 0 bridgehead atoms. The topological polar surface area (TPSA) is 38.5 Å². The van der Waals surface area contributed by atoms with Gasteiger partial charge >= 0.3 is 0 Å². The van der Waals surface area contributed by atoms with E-state index in [1.807, 2.05) is 0 Å². The van der Waals surface area contributed by atoms with E-state index in [2.05, 4.69) is 11.8 Å². The van der Waals surface area contributed by atoms with E-state index >= 15 is 0 Å². The number of likely N-dealkylation sites (tertiary alicyclic amines) is 1. The van der Waals surface area contributed by atoms with Crippen molar-refractivity contribution >= 4 is 0 Å². The Morgan fingerprint density at radius 3 is 2.76 bits per heavy atom. The number of nitrogens with two attached hydrogens (primary N) is 1. The summed E-state index contributed by atoms with van der Waals surface area (Å²) in [5, 5.41) is 0. The van der Waals surface area contributed by atoms with E-state index in [1.165, 1.54) is 45.1 Å². The molecular formula is C14H26N2O. The molecule has 3 nitrogen and oxygen atoms in total. The van der Waals surface area contributed by atoms with E-state index in [-0.39, 0.29) is 5.60 Å². The number of hydrogen-bond donors (Lipinski definition) is 1. The first-order chi connectivity index (χ1) is 8.17. The van der Waals surface area contributed by atoms with Crippen LogP contribution in [0.4, 0.5) is 0 Å². The average Bonchev–Trinajstić information content (AvgIpc) is 2.26. The molecule has 2 aliphatic heterocycles. The summed E-state index contributed by atoms with van der Waals surface area (Å²) in [6, 6.07) is 1.12. The molecule has 1 saturated carbocycles. The molecule has 0 aromatic heterocycles. The van der Waals surface area contributed by atoms with Crippen molar-refractivity contribution in [2.24, 2.45) is 11.7 Å². The van der Waals surface area contributed by atoms with Crippen molar-refractivity contribution in [3.05, 3.63) is 0 Å². The van der Waals surface area contributed by atoms with Gasteiger partial charge in [-0.2, -0.15) is 0 Å². The van der Waals surface area contributed by atoms with E-state index in [0.29, 0.717) is 6.04 Å². The molecular weight excluding hydrogens is 212 g/mol. The third-order valence-corrected chi connectivity index (χ3v) is 4.97. The first kappa shape index (κ1) is 11.9. The summed E-state index contributed by atoms with van der Waals surface area (Å²) in [4.78, 5) is 2.65. The first-order valence-corrected chi connectivity index (χ1v) is 7.30. The monoisotopic (exact) mass is 238 g/mol. The summed E-state index contributed by atoms with van der Waals surface area (Å²) in [6.45, 7) is 5.65. The highest BCUT2D eigenvalue weighted by atomic mass is 16.5. The Hall–Kier alpha value is -0.120. The molecule has 3 fully saturated rings. The molecule has 2 N–H and O–H groups in total. The summed E-state index contributed by atoms with van der Waals surface area (Å²) < 4.78 is 6.02.